The summed E-state index contributed by atoms with van der Waals surface area (Å²) in [7, 11) is 0. The number of carbonyl (C=O) groups is 1. The first kappa shape index (κ1) is 13.3. The van der Waals surface area contributed by atoms with Crippen LogP contribution in [-0.4, -0.2) is 30.7 Å². The van der Waals surface area contributed by atoms with Crippen molar-refractivity contribution in [2.24, 2.45) is 5.92 Å². The van der Waals surface area contributed by atoms with Gasteiger partial charge in [0.05, 0.1) is 6.61 Å². The Labute approximate surface area is 87.4 Å². The van der Waals surface area contributed by atoms with Crippen LogP contribution in [-0.2, 0) is 4.74 Å². The molecule has 0 spiro atoms. The lowest BCUT2D eigenvalue weighted by molar-refractivity contribution is 0.0934. The van der Waals surface area contributed by atoms with Gasteiger partial charge in [-0.3, -0.25) is 0 Å². The van der Waals surface area contributed by atoms with E-state index in [1.807, 2.05) is 20.8 Å². The predicted molar refractivity (Wildman–Crippen MR) is 58.3 cm³/mol. The Morgan fingerprint density at radius 2 is 1.86 bits per heavy atom. The van der Waals surface area contributed by atoms with E-state index in [-0.39, 0.29) is 6.09 Å². The molecule has 1 fully saturated rings. The van der Waals surface area contributed by atoms with Crippen LogP contribution in [0.1, 0.15) is 40.5 Å². The minimum absolute atomic E-state index is 0.149. The van der Waals surface area contributed by atoms with Crippen molar-refractivity contribution in [2.75, 3.05) is 19.7 Å². The van der Waals surface area contributed by atoms with Gasteiger partial charge in [-0.05, 0) is 25.7 Å². The van der Waals surface area contributed by atoms with Crippen LogP contribution in [0.15, 0.2) is 0 Å². The van der Waals surface area contributed by atoms with Crippen molar-refractivity contribution >= 4 is 6.09 Å². The first-order valence-electron chi connectivity index (χ1n) is 5.65. The fourth-order valence-corrected chi connectivity index (χ4v) is 1.41. The van der Waals surface area contributed by atoms with E-state index >= 15 is 0 Å². The Morgan fingerprint density at radius 1 is 1.36 bits per heavy atom. The molecule has 0 N–H and O–H groups in total. The summed E-state index contributed by atoms with van der Waals surface area (Å²) in [5, 5.41) is 0. The Bertz CT molecular complexity index is 151. The van der Waals surface area contributed by atoms with Crippen LogP contribution in [0.2, 0.25) is 0 Å². The van der Waals surface area contributed by atoms with Gasteiger partial charge < -0.3 is 9.64 Å². The van der Waals surface area contributed by atoms with Crippen molar-refractivity contribution in [3.05, 3.63) is 0 Å². The van der Waals surface area contributed by atoms with E-state index < -0.39 is 0 Å². The molecule has 0 atom stereocenters. The quantitative estimate of drug-likeness (QED) is 0.653. The third-order valence-electron chi connectivity index (χ3n) is 2.31. The van der Waals surface area contributed by atoms with Crippen molar-refractivity contribution in [3.8, 4) is 0 Å². The lowest BCUT2D eigenvalue weighted by Crippen LogP contribution is -2.38. The molecule has 0 aromatic carbocycles. The number of carbonyl (C=O) groups excluding carboxylic acids is 1. The largest absolute Gasteiger partial charge is 0.450 e. The highest BCUT2D eigenvalue weighted by molar-refractivity contribution is 5.67. The number of hydrogen-bond acceptors (Lipinski definition) is 2. The molecule has 1 aliphatic rings. The van der Waals surface area contributed by atoms with Gasteiger partial charge in [0.15, 0.2) is 0 Å². The molecular formula is C11H23NO2. The van der Waals surface area contributed by atoms with Gasteiger partial charge in [0, 0.05) is 13.1 Å². The van der Waals surface area contributed by atoms with E-state index in [0.29, 0.717) is 6.61 Å². The smallest absolute Gasteiger partial charge is 0.409 e. The second kappa shape index (κ2) is 7.65. The van der Waals surface area contributed by atoms with Crippen molar-refractivity contribution in [3.63, 3.8) is 0 Å². The van der Waals surface area contributed by atoms with Gasteiger partial charge in [-0.1, -0.05) is 20.8 Å². The first-order valence-corrected chi connectivity index (χ1v) is 5.65. The maximum atomic E-state index is 11.2. The topological polar surface area (TPSA) is 29.5 Å². The van der Waals surface area contributed by atoms with E-state index in [2.05, 4.69) is 6.92 Å². The molecule has 0 bridgehead atoms. The highest BCUT2D eigenvalue weighted by atomic mass is 16.6. The molecule has 0 saturated carbocycles. The molecule has 0 aromatic heterocycles. The highest BCUT2D eigenvalue weighted by Crippen LogP contribution is 2.16. The summed E-state index contributed by atoms with van der Waals surface area (Å²) in [5.74, 6) is 0.760. The number of nitrogens with zero attached hydrogens (tertiary/aromatic N) is 1. The van der Waals surface area contributed by atoms with Crippen LogP contribution < -0.4 is 0 Å². The third kappa shape index (κ3) is 4.49. The van der Waals surface area contributed by atoms with Gasteiger partial charge in [-0.25, -0.2) is 4.79 Å². The monoisotopic (exact) mass is 201 g/mol. The summed E-state index contributed by atoms with van der Waals surface area (Å²) >= 11 is 0. The van der Waals surface area contributed by atoms with E-state index in [1.54, 1.807) is 4.90 Å². The van der Waals surface area contributed by atoms with E-state index in [0.717, 1.165) is 31.8 Å². The summed E-state index contributed by atoms with van der Waals surface area (Å²) in [6.45, 7) is 10.3. The molecule has 0 radical (unpaired) electrons. The number of piperidine rings is 1. The van der Waals surface area contributed by atoms with Crippen LogP contribution >= 0.6 is 0 Å². The summed E-state index contributed by atoms with van der Waals surface area (Å²) in [6, 6.07) is 0. The van der Waals surface area contributed by atoms with Crippen molar-refractivity contribution in [1.82, 2.24) is 4.90 Å². The minimum atomic E-state index is -0.149. The van der Waals surface area contributed by atoms with Crippen molar-refractivity contribution < 1.29 is 9.53 Å². The molecule has 1 amide bonds. The number of hydrogen-bond donors (Lipinski definition) is 0. The molecule has 1 rings (SSSR count). The Balaban J connectivity index is 0.000000791. The summed E-state index contributed by atoms with van der Waals surface area (Å²) < 4.78 is 4.90. The second-order valence-corrected chi connectivity index (χ2v) is 3.37. The van der Waals surface area contributed by atoms with Crippen molar-refractivity contribution in [1.29, 1.82) is 0 Å². The molecule has 84 valence electrons. The van der Waals surface area contributed by atoms with E-state index in [9.17, 15) is 4.79 Å². The van der Waals surface area contributed by atoms with E-state index in [1.165, 1.54) is 0 Å². The Hall–Kier alpha value is -0.730. The molecule has 0 aliphatic carbocycles. The molecule has 3 heteroatoms. The van der Waals surface area contributed by atoms with Gasteiger partial charge in [0.1, 0.15) is 0 Å². The average molecular weight is 201 g/mol. The van der Waals surface area contributed by atoms with Gasteiger partial charge in [0.25, 0.3) is 0 Å². The molecule has 1 aliphatic heterocycles. The summed E-state index contributed by atoms with van der Waals surface area (Å²) in [4.78, 5) is 13.0. The molecule has 0 unspecified atom stereocenters. The fraction of sp³-hybridized carbons (Fsp3) is 0.909. The van der Waals surface area contributed by atoms with Crippen LogP contribution in [0.3, 0.4) is 0 Å². The number of ether oxygens (including phenoxy) is 1. The zero-order chi connectivity index (χ0) is 11.0. The minimum Gasteiger partial charge on any atom is -0.450 e. The number of rotatable bonds is 1. The molecule has 0 aromatic rings. The molecule has 14 heavy (non-hydrogen) atoms. The summed E-state index contributed by atoms with van der Waals surface area (Å²) in [5.41, 5.74) is 0. The maximum Gasteiger partial charge on any atom is 0.409 e. The standard InChI is InChI=1S/C9H17NO2.C2H6/c1-3-12-9(11)10-6-4-8(2)5-7-10;1-2/h8H,3-7H2,1-2H3;1-2H3. The van der Waals surface area contributed by atoms with Crippen LogP contribution in [0.4, 0.5) is 4.79 Å². The predicted octanol–water partition coefficient (Wildman–Crippen LogP) is 2.90. The van der Waals surface area contributed by atoms with E-state index in [4.69, 9.17) is 4.74 Å². The first-order chi connectivity index (χ1) is 6.74. The molecule has 1 saturated heterocycles. The third-order valence-corrected chi connectivity index (χ3v) is 2.31. The Morgan fingerprint density at radius 3 is 2.29 bits per heavy atom. The fourth-order valence-electron chi connectivity index (χ4n) is 1.41. The van der Waals surface area contributed by atoms with Crippen LogP contribution in [0.25, 0.3) is 0 Å². The van der Waals surface area contributed by atoms with Crippen LogP contribution in [0, 0.1) is 5.92 Å². The highest BCUT2D eigenvalue weighted by Gasteiger charge is 2.20. The zero-order valence-electron chi connectivity index (χ0n) is 9.88. The molecular weight excluding hydrogens is 178 g/mol. The Kier molecular flexibility index (Phi) is 7.25. The lowest BCUT2D eigenvalue weighted by atomic mass is 10.00. The number of likely N-dealkylation sites (tertiary alicyclic amines) is 1. The van der Waals surface area contributed by atoms with Gasteiger partial charge in [-0.15, -0.1) is 0 Å². The normalized spacial score (nSPS) is 17.0. The molecule has 1 heterocycles. The molecule has 3 nitrogen and oxygen atoms in total. The lowest BCUT2D eigenvalue weighted by Gasteiger charge is -2.29. The second-order valence-electron chi connectivity index (χ2n) is 3.37. The SMILES string of the molecule is CC.CCOC(=O)N1CCC(C)CC1. The average Bonchev–Trinajstić information content (AvgIpc) is 2.22. The summed E-state index contributed by atoms with van der Waals surface area (Å²) in [6.07, 6.45) is 2.07. The maximum absolute atomic E-state index is 11.2. The van der Waals surface area contributed by atoms with Gasteiger partial charge in [0.2, 0.25) is 0 Å². The number of amides is 1. The zero-order valence-corrected chi connectivity index (χ0v) is 9.88. The van der Waals surface area contributed by atoms with Gasteiger partial charge in [-0.2, -0.15) is 0 Å². The van der Waals surface area contributed by atoms with Crippen LogP contribution in [0.5, 0.6) is 0 Å². The van der Waals surface area contributed by atoms with Gasteiger partial charge >= 0.3 is 6.09 Å². The van der Waals surface area contributed by atoms with Crippen molar-refractivity contribution in [2.45, 2.75) is 40.5 Å².